The quantitative estimate of drug-likeness (QED) is 0.938. The third-order valence-corrected chi connectivity index (χ3v) is 3.96. The lowest BCUT2D eigenvalue weighted by Crippen LogP contribution is -2.35. The van der Waals surface area contributed by atoms with Crippen molar-refractivity contribution < 1.29 is 0 Å². The zero-order valence-corrected chi connectivity index (χ0v) is 13.6. The van der Waals surface area contributed by atoms with Gasteiger partial charge in [-0.3, -0.25) is 0 Å². The smallest absolute Gasteiger partial charge is 0.188 e. The van der Waals surface area contributed by atoms with Crippen molar-refractivity contribution in [2.75, 3.05) is 0 Å². The molecule has 0 aromatic carbocycles. The zero-order chi connectivity index (χ0) is 14.8. The summed E-state index contributed by atoms with van der Waals surface area (Å²) in [5.74, 6) is 0.720. The van der Waals surface area contributed by atoms with Crippen LogP contribution in [0.25, 0.3) is 10.8 Å². The number of aryl methyl sites for hydroxylation is 2. The monoisotopic (exact) mass is 290 g/mol. The predicted molar refractivity (Wildman–Crippen MR) is 83.8 cm³/mol. The molecule has 2 aromatic heterocycles. The van der Waals surface area contributed by atoms with Crippen molar-refractivity contribution >= 4 is 11.3 Å². The fourth-order valence-electron chi connectivity index (χ4n) is 1.74. The summed E-state index contributed by atoms with van der Waals surface area (Å²) in [4.78, 5) is 14.7. The number of rotatable bonds is 4. The van der Waals surface area contributed by atoms with Crippen LogP contribution in [0.3, 0.4) is 0 Å². The molecule has 0 fully saturated rings. The highest BCUT2D eigenvalue weighted by atomic mass is 32.1. The molecule has 0 saturated carbocycles. The molecule has 0 atom stereocenters. The average Bonchev–Trinajstić information content (AvgIpc) is 2.79. The number of hydrogen-bond acceptors (Lipinski definition) is 5. The fourth-order valence-corrected chi connectivity index (χ4v) is 2.78. The molecule has 20 heavy (non-hydrogen) atoms. The minimum atomic E-state index is 0.107. The van der Waals surface area contributed by atoms with Crippen molar-refractivity contribution in [2.45, 2.75) is 53.1 Å². The molecule has 108 valence electrons. The molecule has 0 amide bonds. The zero-order valence-electron chi connectivity index (χ0n) is 12.8. The minimum Gasteiger partial charge on any atom is -0.307 e. The molecule has 2 heterocycles. The van der Waals surface area contributed by atoms with Gasteiger partial charge < -0.3 is 5.32 Å². The van der Waals surface area contributed by atoms with Gasteiger partial charge in [0, 0.05) is 29.4 Å². The second kappa shape index (κ2) is 5.97. The highest BCUT2D eigenvalue weighted by Gasteiger charge is 2.15. The molecule has 0 aliphatic carbocycles. The fraction of sp³-hybridized carbons (Fsp3) is 0.533. The van der Waals surface area contributed by atoms with Gasteiger partial charge >= 0.3 is 0 Å². The Morgan fingerprint density at radius 2 is 1.85 bits per heavy atom. The molecular formula is C15H22N4S. The predicted octanol–water partition coefficient (Wildman–Crippen LogP) is 3.36. The second-order valence-electron chi connectivity index (χ2n) is 5.93. The normalized spacial score (nSPS) is 11.8. The number of hydrogen-bond donors (Lipinski definition) is 1. The van der Waals surface area contributed by atoms with Crippen molar-refractivity contribution in [1.82, 2.24) is 20.3 Å². The summed E-state index contributed by atoms with van der Waals surface area (Å²) in [7, 11) is 0. The maximum absolute atomic E-state index is 4.68. The van der Waals surface area contributed by atoms with Crippen molar-refractivity contribution in [3.8, 4) is 10.8 Å². The van der Waals surface area contributed by atoms with Gasteiger partial charge in [0.25, 0.3) is 0 Å². The van der Waals surface area contributed by atoms with E-state index in [0.717, 1.165) is 35.1 Å². The van der Waals surface area contributed by atoms with Crippen LogP contribution >= 0.6 is 11.3 Å². The maximum atomic E-state index is 4.68. The second-order valence-corrected chi connectivity index (χ2v) is 7.01. The van der Waals surface area contributed by atoms with Gasteiger partial charge in [-0.2, -0.15) is 0 Å². The highest BCUT2D eigenvalue weighted by Crippen LogP contribution is 2.26. The first-order valence-electron chi connectivity index (χ1n) is 6.91. The number of thiazole rings is 1. The third kappa shape index (κ3) is 3.84. The SMILES string of the molecule is CCc1nc(-c2ncc(C)cn2)sc1CNC(C)(C)C. The Hall–Kier alpha value is -1.33. The lowest BCUT2D eigenvalue weighted by Gasteiger charge is -2.20. The van der Waals surface area contributed by atoms with E-state index in [0.29, 0.717) is 0 Å². The molecule has 0 bridgehead atoms. The van der Waals surface area contributed by atoms with E-state index in [9.17, 15) is 0 Å². The Morgan fingerprint density at radius 1 is 1.20 bits per heavy atom. The summed E-state index contributed by atoms with van der Waals surface area (Å²) in [6, 6.07) is 0. The van der Waals surface area contributed by atoms with Crippen molar-refractivity contribution in [3.63, 3.8) is 0 Å². The van der Waals surface area contributed by atoms with Crippen LogP contribution in [0.15, 0.2) is 12.4 Å². The van der Waals surface area contributed by atoms with Gasteiger partial charge in [-0.05, 0) is 39.7 Å². The number of aromatic nitrogens is 3. The van der Waals surface area contributed by atoms with Gasteiger partial charge in [-0.1, -0.05) is 6.92 Å². The molecule has 2 rings (SSSR count). The van der Waals surface area contributed by atoms with Gasteiger partial charge in [0.1, 0.15) is 0 Å². The molecular weight excluding hydrogens is 268 g/mol. The van der Waals surface area contributed by atoms with E-state index in [-0.39, 0.29) is 5.54 Å². The van der Waals surface area contributed by atoms with Gasteiger partial charge in [0.05, 0.1) is 5.69 Å². The Bertz CT molecular complexity index is 567. The largest absolute Gasteiger partial charge is 0.307 e. The summed E-state index contributed by atoms with van der Waals surface area (Å²) in [5, 5.41) is 4.43. The summed E-state index contributed by atoms with van der Waals surface area (Å²) >= 11 is 1.69. The third-order valence-electron chi connectivity index (χ3n) is 2.86. The molecule has 0 radical (unpaired) electrons. The molecule has 0 saturated heterocycles. The lowest BCUT2D eigenvalue weighted by molar-refractivity contribution is 0.425. The Morgan fingerprint density at radius 3 is 2.40 bits per heavy atom. The summed E-state index contributed by atoms with van der Waals surface area (Å²) < 4.78 is 0. The van der Waals surface area contributed by atoms with Gasteiger partial charge in [-0.15, -0.1) is 11.3 Å². The van der Waals surface area contributed by atoms with Crippen molar-refractivity contribution in [2.24, 2.45) is 0 Å². The molecule has 0 aliphatic heterocycles. The van der Waals surface area contributed by atoms with E-state index in [1.165, 1.54) is 4.88 Å². The standard InChI is InChI=1S/C15H22N4S/c1-6-11-12(9-18-15(3,4)5)20-14(19-11)13-16-7-10(2)8-17-13/h7-8,18H,6,9H2,1-5H3. The first-order chi connectivity index (χ1) is 9.39. The Labute approximate surface area is 124 Å². The topological polar surface area (TPSA) is 50.7 Å². The van der Waals surface area contributed by atoms with Crippen LogP contribution in [-0.2, 0) is 13.0 Å². The van der Waals surface area contributed by atoms with E-state index in [2.05, 4.69) is 48.0 Å². The number of nitrogens with one attached hydrogen (secondary N) is 1. The van der Waals surface area contributed by atoms with Gasteiger partial charge in [0.2, 0.25) is 0 Å². The first kappa shape index (κ1) is 15.1. The molecule has 0 spiro atoms. The molecule has 0 unspecified atom stereocenters. The van der Waals surface area contributed by atoms with Crippen LogP contribution in [0.4, 0.5) is 0 Å². The number of nitrogens with zero attached hydrogens (tertiary/aromatic N) is 3. The molecule has 4 nitrogen and oxygen atoms in total. The van der Waals surface area contributed by atoms with Gasteiger partial charge in [0.15, 0.2) is 10.8 Å². The Kier molecular flexibility index (Phi) is 4.50. The lowest BCUT2D eigenvalue weighted by atomic mass is 10.1. The average molecular weight is 290 g/mol. The molecule has 2 aromatic rings. The van der Waals surface area contributed by atoms with Crippen LogP contribution in [0, 0.1) is 6.92 Å². The summed E-state index contributed by atoms with van der Waals surface area (Å²) in [6.07, 6.45) is 4.61. The van der Waals surface area contributed by atoms with E-state index < -0.39 is 0 Å². The van der Waals surface area contributed by atoms with Crippen LogP contribution in [0.1, 0.15) is 43.8 Å². The van der Waals surface area contributed by atoms with E-state index in [4.69, 9.17) is 0 Å². The van der Waals surface area contributed by atoms with Gasteiger partial charge in [-0.25, -0.2) is 15.0 Å². The van der Waals surface area contributed by atoms with E-state index in [1.807, 2.05) is 19.3 Å². The van der Waals surface area contributed by atoms with Crippen LogP contribution in [0.5, 0.6) is 0 Å². The van der Waals surface area contributed by atoms with E-state index in [1.54, 1.807) is 11.3 Å². The maximum Gasteiger partial charge on any atom is 0.188 e. The highest BCUT2D eigenvalue weighted by molar-refractivity contribution is 7.15. The molecule has 5 heteroatoms. The van der Waals surface area contributed by atoms with Crippen LogP contribution in [-0.4, -0.2) is 20.5 Å². The van der Waals surface area contributed by atoms with Crippen LogP contribution in [0.2, 0.25) is 0 Å². The van der Waals surface area contributed by atoms with Crippen molar-refractivity contribution in [3.05, 3.63) is 28.5 Å². The first-order valence-corrected chi connectivity index (χ1v) is 7.73. The summed E-state index contributed by atoms with van der Waals surface area (Å²) in [6.45, 7) is 11.5. The van der Waals surface area contributed by atoms with Crippen molar-refractivity contribution in [1.29, 1.82) is 0 Å². The van der Waals surface area contributed by atoms with Crippen LogP contribution < -0.4 is 5.32 Å². The minimum absolute atomic E-state index is 0.107. The Balaban J connectivity index is 2.24. The molecule has 1 N–H and O–H groups in total. The molecule has 0 aliphatic rings. The van der Waals surface area contributed by atoms with E-state index >= 15 is 0 Å². The summed E-state index contributed by atoms with van der Waals surface area (Å²) in [5.41, 5.74) is 2.32.